The van der Waals surface area contributed by atoms with Gasteiger partial charge in [-0.1, -0.05) is 30.3 Å². The van der Waals surface area contributed by atoms with Gasteiger partial charge in [0.15, 0.2) is 5.11 Å². The molecule has 4 nitrogen and oxygen atoms in total. The van der Waals surface area contributed by atoms with Crippen molar-refractivity contribution in [2.75, 3.05) is 6.54 Å². The van der Waals surface area contributed by atoms with E-state index in [1.807, 2.05) is 30.6 Å². The minimum absolute atomic E-state index is 0.113. The third-order valence-electron chi connectivity index (χ3n) is 4.61. The molecule has 0 amide bonds. The summed E-state index contributed by atoms with van der Waals surface area (Å²) in [5, 5.41) is 4.21. The second-order valence-corrected chi connectivity index (χ2v) is 6.53. The van der Waals surface area contributed by atoms with Gasteiger partial charge in [0.05, 0.1) is 6.04 Å². The number of nitrogens with one attached hydrogen (secondary N) is 1. The third kappa shape index (κ3) is 3.28. The number of nitrogens with zero attached hydrogens (tertiary/aromatic N) is 3. The number of hydrogen-bond donors (Lipinski definition) is 1. The molecule has 3 aromatic rings. The van der Waals surface area contributed by atoms with E-state index in [0.29, 0.717) is 0 Å². The predicted octanol–water partition coefficient (Wildman–Crippen LogP) is 3.36. The topological polar surface area (TPSA) is 33.1 Å². The predicted molar refractivity (Wildman–Crippen MR) is 103 cm³/mol. The van der Waals surface area contributed by atoms with E-state index in [1.165, 1.54) is 16.8 Å². The zero-order valence-corrected chi connectivity index (χ0v) is 14.7. The molecular formula is C20H20N4S. The van der Waals surface area contributed by atoms with Crippen molar-refractivity contribution in [2.45, 2.75) is 19.1 Å². The van der Waals surface area contributed by atoms with Gasteiger partial charge in [-0.2, -0.15) is 0 Å². The largest absolute Gasteiger partial charge is 0.358 e. The Bertz CT molecular complexity index is 844. The van der Waals surface area contributed by atoms with Crippen LogP contribution in [0.4, 0.5) is 0 Å². The van der Waals surface area contributed by atoms with E-state index >= 15 is 0 Å². The van der Waals surface area contributed by atoms with Crippen molar-refractivity contribution in [3.63, 3.8) is 0 Å². The molecular weight excluding hydrogens is 328 g/mol. The zero-order chi connectivity index (χ0) is 17.1. The van der Waals surface area contributed by atoms with Crippen LogP contribution in [-0.4, -0.2) is 26.1 Å². The molecule has 25 heavy (non-hydrogen) atoms. The Morgan fingerprint density at radius 2 is 1.84 bits per heavy atom. The summed E-state index contributed by atoms with van der Waals surface area (Å²) in [5.41, 5.74) is 3.70. The van der Waals surface area contributed by atoms with Gasteiger partial charge in [0.2, 0.25) is 0 Å². The van der Waals surface area contributed by atoms with E-state index in [4.69, 9.17) is 12.2 Å². The summed E-state index contributed by atoms with van der Waals surface area (Å²) >= 11 is 5.74. The van der Waals surface area contributed by atoms with Gasteiger partial charge >= 0.3 is 0 Å². The molecule has 0 aliphatic carbocycles. The standard InChI is InChI=1S/C20H20N4S/c25-20(22-15-16-5-2-1-3-6-16)24-14-13-23-12-4-7-18(23)19(24)17-8-10-21-11-9-17/h1-12,19H,13-15H2,(H,22,25)/t19-/m0/s1. The average Bonchev–Trinajstić information content (AvgIpc) is 3.15. The number of aromatic nitrogens is 2. The van der Waals surface area contributed by atoms with Crippen molar-refractivity contribution in [3.8, 4) is 0 Å². The van der Waals surface area contributed by atoms with Gasteiger partial charge < -0.3 is 14.8 Å². The zero-order valence-electron chi connectivity index (χ0n) is 13.9. The molecule has 0 unspecified atom stereocenters. The first-order valence-corrected chi connectivity index (χ1v) is 8.87. The summed E-state index contributed by atoms with van der Waals surface area (Å²) in [6.07, 6.45) is 5.83. The highest BCUT2D eigenvalue weighted by Gasteiger charge is 2.30. The van der Waals surface area contributed by atoms with Crippen LogP contribution in [0.3, 0.4) is 0 Å². The molecule has 4 rings (SSSR count). The maximum absolute atomic E-state index is 5.74. The Balaban J connectivity index is 1.58. The maximum atomic E-state index is 5.74. The lowest BCUT2D eigenvalue weighted by molar-refractivity contribution is 0.286. The normalized spacial score (nSPS) is 16.3. The number of pyridine rings is 1. The molecule has 0 spiro atoms. The third-order valence-corrected chi connectivity index (χ3v) is 4.99. The minimum atomic E-state index is 0.113. The van der Waals surface area contributed by atoms with Crippen LogP contribution in [0, 0.1) is 0 Å². The molecule has 0 saturated heterocycles. The van der Waals surface area contributed by atoms with Crippen LogP contribution in [0.1, 0.15) is 22.9 Å². The van der Waals surface area contributed by atoms with Crippen LogP contribution in [0.2, 0.25) is 0 Å². The van der Waals surface area contributed by atoms with E-state index in [2.05, 4.69) is 62.4 Å². The lowest BCUT2D eigenvalue weighted by atomic mass is 10.0. The van der Waals surface area contributed by atoms with Crippen LogP contribution < -0.4 is 5.32 Å². The molecule has 0 bridgehead atoms. The highest BCUT2D eigenvalue weighted by Crippen LogP contribution is 2.32. The molecule has 3 heterocycles. The van der Waals surface area contributed by atoms with Gasteiger partial charge in [0.25, 0.3) is 0 Å². The summed E-state index contributed by atoms with van der Waals surface area (Å²) in [4.78, 5) is 6.44. The summed E-state index contributed by atoms with van der Waals surface area (Å²) in [6.45, 7) is 2.56. The maximum Gasteiger partial charge on any atom is 0.170 e. The Hall–Kier alpha value is -2.66. The molecule has 0 fully saturated rings. The van der Waals surface area contributed by atoms with E-state index in [9.17, 15) is 0 Å². The van der Waals surface area contributed by atoms with Crippen molar-refractivity contribution < 1.29 is 0 Å². The van der Waals surface area contributed by atoms with Gasteiger partial charge in [-0.05, 0) is 47.6 Å². The number of fused-ring (bicyclic) bond motifs is 1. The molecule has 1 atom stereocenters. The lowest BCUT2D eigenvalue weighted by Crippen LogP contribution is -2.46. The molecule has 126 valence electrons. The Morgan fingerprint density at radius 1 is 1.04 bits per heavy atom. The van der Waals surface area contributed by atoms with E-state index in [0.717, 1.165) is 24.7 Å². The first-order chi connectivity index (χ1) is 12.3. The van der Waals surface area contributed by atoms with Crippen molar-refractivity contribution >= 4 is 17.3 Å². The first kappa shape index (κ1) is 15.8. The van der Waals surface area contributed by atoms with E-state index in [1.54, 1.807) is 0 Å². The monoisotopic (exact) mass is 348 g/mol. The Kier molecular flexibility index (Phi) is 4.48. The second kappa shape index (κ2) is 7.07. The highest BCUT2D eigenvalue weighted by atomic mass is 32.1. The summed E-state index contributed by atoms with van der Waals surface area (Å²) in [5.74, 6) is 0. The Morgan fingerprint density at radius 3 is 2.64 bits per heavy atom. The summed E-state index contributed by atoms with van der Waals surface area (Å²) < 4.78 is 2.31. The fourth-order valence-corrected chi connectivity index (χ4v) is 3.64. The van der Waals surface area contributed by atoms with Gasteiger partial charge in [0, 0.05) is 43.9 Å². The van der Waals surface area contributed by atoms with E-state index < -0.39 is 0 Å². The average molecular weight is 348 g/mol. The van der Waals surface area contributed by atoms with Crippen LogP contribution in [-0.2, 0) is 13.1 Å². The minimum Gasteiger partial charge on any atom is -0.358 e. The fourth-order valence-electron chi connectivity index (χ4n) is 3.37. The van der Waals surface area contributed by atoms with E-state index in [-0.39, 0.29) is 6.04 Å². The first-order valence-electron chi connectivity index (χ1n) is 8.46. The number of hydrogen-bond acceptors (Lipinski definition) is 2. The van der Waals surface area contributed by atoms with Crippen molar-refractivity contribution in [2.24, 2.45) is 0 Å². The molecule has 0 radical (unpaired) electrons. The van der Waals surface area contributed by atoms with Gasteiger partial charge in [-0.3, -0.25) is 4.98 Å². The number of thiocarbonyl (C=S) groups is 1. The number of benzene rings is 1. The van der Waals surface area contributed by atoms with Crippen molar-refractivity contribution in [3.05, 3.63) is 90.0 Å². The van der Waals surface area contributed by atoms with Gasteiger partial charge in [0.1, 0.15) is 0 Å². The summed E-state index contributed by atoms with van der Waals surface area (Å²) in [6, 6.07) is 18.9. The van der Waals surface area contributed by atoms with Gasteiger partial charge in [-0.15, -0.1) is 0 Å². The summed E-state index contributed by atoms with van der Waals surface area (Å²) in [7, 11) is 0. The molecule has 5 heteroatoms. The SMILES string of the molecule is S=C(NCc1ccccc1)N1CCn2cccc2[C@@H]1c1ccncc1. The second-order valence-electron chi connectivity index (χ2n) is 6.15. The smallest absolute Gasteiger partial charge is 0.170 e. The van der Waals surface area contributed by atoms with Crippen molar-refractivity contribution in [1.29, 1.82) is 0 Å². The Labute approximate surface area is 153 Å². The molecule has 1 aromatic carbocycles. The van der Waals surface area contributed by atoms with Crippen LogP contribution in [0.15, 0.2) is 73.2 Å². The van der Waals surface area contributed by atoms with Crippen LogP contribution in [0.5, 0.6) is 0 Å². The molecule has 1 aliphatic heterocycles. The molecule has 1 aliphatic rings. The molecule has 2 aromatic heterocycles. The van der Waals surface area contributed by atoms with Crippen LogP contribution in [0.25, 0.3) is 0 Å². The molecule has 0 saturated carbocycles. The van der Waals surface area contributed by atoms with Gasteiger partial charge in [-0.25, -0.2) is 0 Å². The lowest BCUT2D eigenvalue weighted by Gasteiger charge is -2.39. The van der Waals surface area contributed by atoms with Crippen molar-refractivity contribution in [1.82, 2.24) is 19.8 Å². The number of rotatable bonds is 3. The molecule has 1 N–H and O–H groups in total. The van der Waals surface area contributed by atoms with Crippen LogP contribution >= 0.6 is 12.2 Å². The highest BCUT2D eigenvalue weighted by molar-refractivity contribution is 7.80. The quantitative estimate of drug-likeness (QED) is 0.736. The fraction of sp³-hybridized carbons (Fsp3) is 0.200.